The molecule has 7 aromatic rings. The van der Waals surface area contributed by atoms with Crippen LogP contribution >= 0.6 is 0 Å². The fourth-order valence-corrected chi connectivity index (χ4v) is 7.23. The molecule has 190 valence electrons. The largest absolute Gasteiger partial charge is 0.458 e. The van der Waals surface area contributed by atoms with Crippen molar-refractivity contribution in [2.24, 2.45) is 0 Å². The van der Waals surface area contributed by atoms with Crippen LogP contribution < -0.4 is 30.8 Å². The Morgan fingerprint density at radius 2 is 1.02 bits per heavy atom. The Labute approximate surface area is 236 Å². The molecule has 0 fully saturated rings. The zero-order valence-corrected chi connectivity index (χ0v) is 21.9. The molecule has 0 saturated carbocycles. The Kier molecular flexibility index (Phi) is 3.98. The average molecular weight is 524 g/mol. The van der Waals surface area contributed by atoms with Gasteiger partial charge in [0.1, 0.15) is 23.0 Å². The number of hydrogen-bond donors (Lipinski definition) is 0. The van der Waals surface area contributed by atoms with E-state index in [1.54, 1.807) is 0 Å². The number of benzene rings is 6. The molecule has 0 atom stereocenters. The third-order valence-corrected chi connectivity index (χ3v) is 8.83. The van der Waals surface area contributed by atoms with E-state index in [1.807, 2.05) is 18.2 Å². The average Bonchev–Trinajstić information content (AvgIpc) is 3.35. The fraction of sp³-hybridized carbons (Fsp3) is 0. The van der Waals surface area contributed by atoms with Crippen molar-refractivity contribution in [2.45, 2.75) is 0 Å². The molecule has 5 heteroatoms. The predicted octanol–water partition coefficient (Wildman–Crippen LogP) is 7.29. The van der Waals surface area contributed by atoms with Gasteiger partial charge in [-0.3, -0.25) is 0 Å². The lowest BCUT2D eigenvalue weighted by molar-refractivity contribution is 0.464. The standard InChI is InChI=1S/C36H21BN2O2/c1-2-9-22(10-3-1)38-26-12-5-4-11-24(26)25-21-23(19-20-27(25)38)39-28-13-6-15-30-34(28)37-35-29(39)14-7-16-31(35)41-33-18-8-17-32(40-30)36(33)37/h1-21H. The Bertz CT molecular complexity index is 2160. The quantitative estimate of drug-likeness (QED) is 0.222. The molecule has 6 aromatic carbocycles. The Morgan fingerprint density at radius 1 is 0.439 bits per heavy atom. The molecule has 10 rings (SSSR count). The van der Waals surface area contributed by atoms with Crippen LogP contribution in [0.3, 0.4) is 0 Å². The van der Waals surface area contributed by atoms with Gasteiger partial charge in [0.25, 0.3) is 6.71 Å². The Hall–Kier alpha value is -5.42. The number of aromatic nitrogens is 1. The molecule has 4 heterocycles. The van der Waals surface area contributed by atoms with Gasteiger partial charge < -0.3 is 18.9 Å². The summed E-state index contributed by atoms with van der Waals surface area (Å²) in [4.78, 5) is 2.38. The Morgan fingerprint density at radius 3 is 1.73 bits per heavy atom. The second kappa shape index (κ2) is 7.61. The lowest BCUT2D eigenvalue weighted by atomic mass is 9.33. The maximum atomic E-state index is 6.50. The highest BCUT2D eigenvalue weighted by Crippen LogP contribution is 2.46. The van der Waals surface area contributed by atoms with Crippen LogP contribution in [0.1, 0.15) is 0 Å². The number of hydrogen-bond acceptors (Lipinski definition) is 3. The van der Waals surface area contributed by atoms with Crippen molar-refractivity contribution in [3.05, 3.63) is 127 Å². The minimum atomic E-state index is 0.0704. The maximum Gasteiger partial charge on any atom is 0.266 e. The lowest BCUT2D eigenvalue weighted by Crippen LogP contribution is -2.61. The summed E-state index contributed by atoms with van der Waals surface area (Å²) in [5.74, 6) is 3.57. The first-order valence-corrected chi connectivity index (χ1v) is 14.0. The van der Waals surface area contributed by atoms with E-state index in [0.29, 0.717) is 0 Å². The summed E-state index contributed by atoms with van der Waals surface area (Å²) in [6.45, 7) is 0.0704. The van der Waals surface area contributed by atoms with E-state index in [2.05, 4.69) is 119 Å². The highest BCUT2D eigenvalue weighted by Gasteiger charge is 2.47. The van der Waals surface area contributed by atoms with Crippen molar-refractivity contribution in [1.82, 2.24) is 4.57 Å². The van der Waals surface area contributed by atoms with E-state index in [4.69, 9.17) is 9.47 Å². The van der Waals surface area contributed by atoms with Gasteiger partial charge in [0.2, 0.25) is 0 Å². The molecular formula is C36H21BN2O2. The smallest absolute Gasteiger partial charge is 0.266 e. The summed E-state index contributed by atoms with van der Waals surface area (Å²) >= 11 is 0. The van der Waals surface area contributed by atoms with E-state index in [0.717, 1.165) is 51.2 Å². The molecule has 1 aromatic heterocycles. The molecule has 0 saturated heterocycles. The second-order valence-corrected chi connectivity index (χ2v) is 10.9. The first-order chi connectivity index (χ1) is 20.3. The van der Waals surface area contributed by atoms with Crippen LogP contribution in [0.4, 0.5) is 17.1 Å². The molecule has 0 amide bonds. The van der Waals surface area contributed by atoms with Gasteiger partial charge in [0.05, 0.1) is 11.0 Å². The van der Waals surface area contributed by atoms with E-state index >= 15 is 0 Å². The molecule has 0 bridgehead atoms. The zero-order valence-electron chi connectivity index (χ0n) is 21.9. The van der Waals surface area contributed by atoms with Crippen molar-refractivity contribution in [2.75, 3.05) is 4.90 Å². The molecule has 3 aliphatic heterocycles. The fourth-order valence-electron chi connectivity index (χ4n) is 7.23. The highest BCUT2D eigenvalue weighted by atomic mass is 16.5. The van der Waals surface area contributed by atoms with Crippen molar-refractivity contribution in [3.63, 3.8) is 0 Å². The first-order valence-electron chi connectivity index (χ1n) is 14.0. The van der Waals surface area contributed by atoms with Crippen molar-refractivity contribution in [3.8, 4) is 28.7 Å². The van der Waals surface area contributed by atoms with Gasteiger partial charge in [0.15, 0.2) is 0 Å². The van der Waals surface area contributed by atoms with Crippen molar-refractivity contribution >= 4 is 62.0 Å². The summed E-state index contributed by atoms with van der Waals surface area (Å²) in [5.41, 5.74) is 10.5. The SMILES string of the molecule is c1ccc(-n2c3ccccc3c3cc(N4c5cccc6c5B5c7c(cccc7Oc7cccc4c75)O6)ccc32)cc1. The van der Waals surface area contributed by atoms with E-state index in [-0.39, 0.29) is 6.71 Å². The molecule has 0 aliphatic carbocycles. The molecule has 41 heavy (non-hydrogen) atoms. The zero-order chi connectivity index (χ0) is 26.7. The van der Waals surface area contributed by atoms with Crippen LogP contribution in [0.5, 0.6) is 23.0 Å². The molecule has 0 spiro atoms. The van der Waals surface area contributed by atoms with E-state index in [9.17, 15) is 0 Å². The predicted molar refractivity (Wildman–Crippen MR) is 167 cm³/mol. The summed E-state index contributed by atoms with van der Waals surface area (Å²) in [5, 5.41) is 2.46. The molecule has 0 unspecified atom stereocenters. The second-order valence-electron chi connectivity index (χ2n) is 10.9. The van der Waals surface area contributed by atoms with Crippen LogP contribution in [0, 0.1) is 0 Å². The van der Waals surface area contributed by atoms with Gasteiger partial charge in [0, 0.05) is 39.0 Å². The van der Waals surface area contributed by atoms with E-state index < -0.39 is 0 Å². The number of nitrogens with zero attached hydrogens (tertiary/aromatic N) is 2. The number of para-hydroxylation sites is 2. The molecule has 0 radical (unpaired) electrons. The number of ether oxygens (including phenoxy) is 2. The van der Waals surface area contributed by atoms with Gasteiger partial charge in [-0.1, -0.05) is 54.6 Å². The minimum absolute atomic E-state index is 0.0704. The van der Waals surface area contributed by atoms with Gasteiger partial charge in [-0.15, -0.1) is 0 Å². The summed E-state index contributed by atoms with van der Waals surface area (Å²) < 4.78 is 15.4. The third-order valence-electron chi connectivity index (χ3n) is 8.83. The first kappa shape index (κ1) is 21.4. The number of fused-ring (bicyclic) bond motifs is 3. The van der Waals surface area contributed by atoms with Gasteiger partial charge in [-0.25, -0.2) is 0 Å². The van der Waals surface area contributed by atoms with Crippen LogP contribution in [0.25, 0.3) is 27.5 Å². The minimum Gasteiger partial charge on any atom is -0.458 e. The molecule has 0 N–H and O–H groups in total. The maximum absolute atomic E-state index is 6.50. The summed E-state index contributed by atoms with van der Waals surface area (Å²) in [7, 11) is 0. The van der Waals surface area contributed by atoms with E-state index in [1.165, 1.54) is 32.7 Å². The van der Waals surface area contributed by atoms with Crippen LogP contribution in [-0.2, 0) is 0 Å². The molecule has 4 nitrogen and oxygen atoms in total. The highest BCUT2D eigenvalue weighted by molar-refractivity contribution is 7.00. The lowest BCUT2D eigenvalue weighted by Gasteiger charge is -2.42. The topological polar surface area (TPSA) is 26.6 Å². The van der Waals surface area contributed by atoms with Gasteiger partial charge >= 0.3 is 0 Å². The molecular weight excluding hydrogens is 503 g/mol. The Balaban J connectivity index is 1.26. The number of rotatable bonds is 2. The van der Waals surface area contributed by atoms with Gasteiger partial charge in [-0.2, -0.15) is 0 Å². The van der Waals surface area contributed by atoms with Crippen LogP contribution in [-0.4, -0.2) is 11.3 Å². The van der Waals surface area contributed by atoms with Crippen molar-refractivity contribution in [1.29, 1.82) is 0 Å². The monoisotopic (exact) mass is 524 g/mol. The third kappa shape index (κ3) is 2.70. The van der Waals surface area contributed by atoms with Gasteiger partial charge in [-0.05, 0) is 83.7 Å². The van der Waals surface area contributed by atoms with Crippen molar-refractivity contribution < 1.29 is 9.47 Å². The number of anilines is 3. The van der Waals surface area contributed by atoms with Crippen LogP contribution in [0.15, 0.2) is 127 Å². The summed E-state index contributed by atoms with van der Waals surface area (Å²) in [6.07, 6.45) is 0. The summed E-state index contributed by atoms with van der Waals surface area (Å²) in [6, 6.07) is 45.0. The normalized spacial score (nSPS) is 13.7. The van der Waals surface area contributed by atoms with Crippen LogP contribution in [0.2, 0.25) is 0 Å². The molecule has 3 aliphatic rings.